The number of carbonyl (C=O) groups excluding carboxylic acids is 3. The van der Waals surface area contributed by atoms with Gasteiger partial charge in [-0.2, -0.15) is 0 Å². The number of benzene rings is 1. The van der Waals surface area contributed by atoms with Crippen LogP contribution in [0.2, 0.25) is 0 Å². The van der Waals surface area contributed by atoms with Crippen LogP contribution in [0.4, 0.5) is 0 Å². The molecule has 1 aliphatic carbocycles. The van der Waals surface area contributed by atoms with E-state index in [0.717, 1.165) is 32.1 Å². The molecule has 0 bridgehead atoms. The molecule has 1 saturated carbocycles. The molecule has 23 heavy (non-hydrogen) atoms. The molecule has 0 aromatic heterocycles. The van der Waals surface area contributed by atoms with Crippen molar-refractivity contribution in [2.45, 2.75) is 45.1 Å². The van der Waals surface area contributed by atoms with Gasteiger partial charge >= 0.3 is 0 Å². The highest BCUT2D eigenvalue weighted by atomic mass is 16.2. The molecular weight excluding hydrogens is 292 g/mol. The second-order valence-electron chi connectivity index (χ2n) is 6.18. The van der Waals surface area contributed by atoms with Crippen molar-refractivity contribution in [1.29, 1.82) is 0 Å². The fourth-order valence-corrected chi connectivity index (χ4v) is 3.37. The molecule has 0 heterocycles. The number of Topliss-reactive ketones (excluding diaryl/α,β-unsaturated/α-hetero) is 1. The molecule has 1 aromatic rings. The molecule has 1 atom stereocenters. The summed E-state index contributed by atoms with van der Waals surface area (Å²) in [5.74, 6) is -0.937. The van der Waals surface area contributed by atoms with Gasteiger partial charge in [-0.25, -0.2) is 0 Å². The summed E-state index contributed by atoms with van der Waals surface area (Å²) < 4.78 is 0. The number of hydrogen-bond donors (Lipinski definition) is 1. The standard InChI is InChI=1S/C18H24N2O3/c1-13(21)20(12-16(22)14-8-4-2-5-9-14)17(18(19)23)15-10-6-3-7-11-15/h2,4-5,8-9,15,17H,3,6-7,10-12H2,1H3,(H2,19,23). The molecule has 1 aromatic carbocycles. The molecule has 1 unspecified atom stereocenters. The third-order valence-corrected chi connectivity index (χ3v) is 4.54. The van der Waals surface area contributed by atoms with Gasteiger partial charge in [-0.05, 0) is 18.8 Å². The molecule has 5 nitrogen and oxygen atoms in total. The number of rotatable bonds is 6. The van der Waals surface area contributed by atoms with E-state index in [4.69, 9.17) is 5.73 Å². The third-order valence-electron chi connectivity index (χ3n) is 4.54. The maximum Gasteiger partial charge on any atom is 0.240 e. The van der Waals surface area contributed by atoms with Crippen molar-refractivity contribution in [3.8, 4) is 0 Å². The van der Waals surface area contributed by atoms with E-state index in [-0.39, 0.29) is 24.2 Å². The lowest BCUT2D eigenvalue weighted by Gasteiger charge is -2.36. The minimum Gasteiger partial charge on any atom is -0.368 e. The third kappa shape index (κ3) is 4.41. The summed E-state index contributed by atoms with van der Waals surface area (Å²) in [5.41, 5.74) is 6.11. The maximum atomic E-state index is 12.4. The zero-order chi connectivity index (χ0) is 16.8. The highest BCUT2D eigenvalue weighted by molar-refractivity contribution is 6.00. The number of nitrogens with two attached hydrogens (primary N) is 1. The minimum atomic E-state index is -0.694. The smallest absolute Gasteiger partial charge is 0.240 e. The van der Waals surface area contributed by atoms with Crippen molar-refractivity contribution in [3.05, 3.63) is 35.9 Å². The largest absolute Gasteiger partial charge is 0.368 e. The lowest BCUT2D eigenvalue weighted by molar-refractivity contribution is -0.139. The molecule has 0 aliphatic heterocycles. The Balaban J connectivity index is 2.19. The first-order valence-electron chi connectivity index (χ1n) is 8.15. The molecule has 124 valence electrons. The summed E-state index contributed by atoms with van der Waals surface area (Å²) in [6, 6.07) is 8.10. The number of hydrogen-bond acceptors (Lipinski definition) is 3. The number of ketones is 1. The van der Waals surface area contributed by atoms with Crippen LogP contribution in [0.3, 0.4) is 0 Å². The van der Waals surface area contributed by atoms with Crippen LogP contribution in [0.5, 0.6) is 0 Å². The fraction of sp³-hybridized carbons (Fsp3) is 0.500. The van der Waals surface area contributed by atoms with Gasteiger partial charge in [0.25, 0.3) is 0 Å². The Morgan fingerprint density at radius 3 is 2.26 bits per heavy atom. The molecule has 0 saturated heterocycles. The van der Waals surface area contributed by atoms with E-state index in [1.165, 1.54) is 11.8 Å². The van der Waals surface area contributed by atoms with Crippen LogP contribution in [-0.2, 0) is 9.59 Å². The summed E-state index contributed by atoms with van der Waals surface area (Å²) in [5, 5.41) is 0. The van der Waals surface area contributed by atoms with Gasteiger partial charge in [0.05, 0.1) is 6.54 Å². The first-order valence-corrected chi connectivity index (χ1v) is 8.15. The van der Waals surface area contributed by atoms with E-state index in [9.17, 15) is 14.4 Å². The van der Waals surface area contributed by atoms with Crippen molar-refractivity contribution >= 4 is 17.6 Å². The number of primary amides is 1. The Morgan fingerprint density at radius 2 is 1.74 bits per heavy atom. The van der Waals surface area contributed by atoms with Crippen molar-refractivity contribution in [1.82, 2.24) is 4.90 Å². The van der Waals surface area contributed by atoms with Crippen molar-refractivity contribution in [2.24, 2.45) is 11.7 Å². The Morgan fingerprint density at radius 1 is 1.13 bits per heavy atom. The van der Waals surface area contributed by atoms with E-state index in [1.54, 1.807) is 24.3 Å². The van der Waals surface area contributed by atoms with E-state index in [2.05, 4.69) is 0 Å². The Kier molecular flexibility index (Phi) is 5.90. The lowest BCUT2D eigenvalue weighted by Crippen LogP contribution is -2.53. The summed E-state index contributed by atoms with van der Waals surface area (Å²) in [4.78, 5) is 37.8. The van der Waals surface area contributed by atoms with Gasteiger partial charge in [0.1, 0.15) is 6.04 Å². The topological polar surface area (TPSA) is 80.5 Å². The van der Waals surface area contributed by atoms with Gasteiger partial charge in [-0.3, -0.25) is 14.4 Å². The Labute approximate surface area is 136 Å². The van der Waals surface area contributed by atoms with Gasteiger partial charge in [-0.1, -0.05) is 49.6 Å². The molecule has 2 amide bonds. The van der Waals surface area contributed by atoms with Crippen molar-refractivity contribution < 1.29 is 14.4 Å². The minimum absolute atomic E-state index is 0.0497. The molecule has 1 fully saturated rings. The van der Waals surface area contributed by atoms with Crippen LogP contribution in [0.25, 0.3) is 0 Å². The first kappa shape index (κ1) is 17.2. The quantitative estimate of drug-likeness (QED) is 0.817. The van der Waals surface area contributed by atoms with Crippen LogP contribution in [0.1, 0.15) is 49.4 Å². The predicted octanol–water partition coefficient (Wildman–Crippen LogP) is 2.15. The SMILES string of the molecule is CC(=O)N(CC(=O)c1ccccc1)C(C(N)=O)C1CCCCC1. The zero-order valence-corrected chi connectivity index (χ0v) is 13.5. The first-order chi connectivity index (χ1) is 11.0. The molecule has 2 N–H and O–H groups in total. The number of nitrogens with zero attached hydrogens (tertiary/aromatic N) is 1. The highest BCUT2D eigenvalue weighted by Gasteiger charge is 2.35. The van der Waals surface area contributed by atoms with Crippen LogP contribution in [0.15, 0.2) is 30.3 Å². The molecule has 2 rings (SSSR count). The second kappa shape index (κ2) is 7.90. The van der Waals surface area contributed by atoms with Gasteiger partial charge in [0.15, 0.2) is 5.78 Å². The van der Waals surface area contributed by atoms with Gasteiger partial charge < -0.3 is 10.6 Å². The molecule has 5 heteroatoms. The van der Waals surface area contributed by atoms with E-state index in [1.807, 2.05) is 6.07 Å². The van der Waals surface area contributed by atoms with Crippen molar-refractivity contribution in [3.63, 3.8) is 0 Å². The maximum absolute atomic E-state index is 12.4. The van der Waals surface area contributed by atoms with E-state index >= 15 is 0 Å². The zero-order valence-electron chi connectivity index (χ0n) is 13.5. The van der Waals surface area contributed by atoms with Gasteiger partial charge in [0, 0.05) is 12.5 Å². The van der Waals surface area contributed by atoms with E-state index in [0.29, 0.717) is 5.56 Å². The molecule has 0 radical (unpaired) electrons. The van der Waals surface area contributed by atoms with E-state index < -0.39 is 11.9 Å². The summed E-state index contributed by atoms with van der Waals surface area (Å²) in [6.07, 6.45) is 4.96. The second-order valence-corrected chi connectivity index (χ2v) is 6.18. The Bertz CT molecular complexity index is 565. The summed E-state index contributed by atoms with van der Waals surface area (Å²) in [7, 11) is 0. The highest BCUT2D eigenvalue weighted by Crippen LogP contribution is 2.29. The van der Waals surface area contributed by atoms with Crippen LogP contribution in [0, 0.1) is 5.92 Å². The predicted molar refractivity (Wildman–Crippen MR) is 87.7 cm³/mol. The molecule has 0 spiro atoms. The lowest BCUT2D eigenvalue weighted by atomic mass is 9.82. The monoisotopic (exact) mass is 316 g/mol. The van der Waals surface area contributed by atoms with Gasteiger partial charge in [-0.15, -0.1) is 0 Å². The number of carbonyl (C=O) groups is 3. The summed E-state index contributed by atoms with van der Waals surface area (Å²) in [6.45, 7) is 1.28. The Hall–Kier alpha value is -2.17. The van der Waals surface area contributed by atoms with Gasteiger partial charge in [0.2, 0.25) is 11.8 Å². The average Bonchev–Trinajstić information content (AvgIpc) is 2.55. The summed E-state index contributed by atoms with van der Waals surface area (Å²) >= 11 is 0. The average molecular weight is 316 g/mol. The normalized spacial score (nSPS) is 16.6. The van der Waals surface area contributed by atoms with Crippen LogP contribution >= 0.6 is 0 Å². The molecular formula is C18H24N2O3. The van der Waals surface area contributed by atoms with Crippen LogP contribution in [-0.4, -0.2) is 35.1 Å². The fourth-order valence-electron chi connectivity index (χ4n) is 3.37. The van der Waals surface area contributed by atoms with Crippen LogP contribution < -0.4 is 5.73 Å². The molecule has 1 aliphatic rings. The van der Waals surface area contributed by atoms with Crippen molar-refractivity contribution in [2.75, 3.05) is 6.54 Å². The number of amides is 2.